The summed E-state index contributed by atoms with van der Waals surface area (Å²) in [5, 5.41) is 14.4. The zero-order valence-electron chi connectivity index (χ0n) is 6.46. The molecule has 3 N–H and O–H groups in total. The molecule has 11 heavy (non-hydrogen) atoms. The predicted octanol–water partition coefficient (Wildman–Crippen LogP) is 1.09. The predicted molar refractivity (Wildman–Crippen MR) is 46.7 cm³/mol. The second-order valence-corrected chi connectivity index (χ2v) is 2.13. The number of rotatable bonds is 3. The molecule has 1 aromatic rings. The minimum atomic E-state index is -0.0430. The van der Waals surface area contributed by atoms with Gasteiger partial charge in [-0.1, -0.05) is 12.1 Å². The zero-order valence-corrected chi connectivity index (χ0v) is 6.46. The van der Waals surface area contributed by atoms with E-state index in [0.717, 1.165) is 11.4 Å². The van der Waals surface area contributed by atoms with Gasteiger partial charge in [0.15, 0.2) is 0 Å². The van der Waals surface area contributed by atoms with Gasteiger partial charge in [-0.05, 0) is 12.1 Å². The van der Waals surface area contributed by atoms with Gasteiger partial charge in [-0.15, -0.1) is 0 Å². The van der Waals surface area contributed by atoms with Crippen molar-refractivity contribution in [2.75, 3.05) is 24.4 Å². The number of hydrogen-bond acceptors (Lipinski definition) is 3. The first-order valence-corrected chi connectivity index (χ1v) is 3.50. The van der Waals surface area contributed by atoms with Gasteiger partial charge >= 0.3 is 0 Å². The lowest BCUT2D eigenvalue weighted by atomic mass is 10.2. The quantitative estimate of drug-likeness (QED) is 0.568. The van der Waals surface area contributed by atoms with Crippen molar-refractivity contribution in [3.63, 3.8) is 0 Å². The molecule has 0 aliphatic carbocycles. The van der Waals surface area contributed by atoms with Crippen molar-refractivity contribution >= 4 is 11.4 Å². The second kappa shape index (κ2) is 3.83. The molecule has 0 saturated heterocycles. The third-order valence-electron chi connectivity index (χ3n) is 1.47. The number of aliphatic hydroxyl groups is 1. The molecule has 0 radical (unpaired) electrons. The van der Waals surface area contributed by atoms with E-state index >= 15 is 0 Å². The first-order chi connectivity index (χ1) is 5.38. The smallest absolute Gasteiger partial charge is 0.113 e. The normalized spacial score (nSPS) is 9.27. The van der Waals surface area contributed by atoms with Crippen LogP contribution < -0.4 is 10.6 Å². The van der Waals surface area contributed by atoms with Gasteiger partial charge < -0.3 is 15.7 Å². The Labute approximate surface area is 66.1 Å². The summed E-state index contributed by atoms with van der Waals surface area (Å²) in [6, 6.07) is 7.70. The first kappa shape index (κ1) is 7.88. The summed E-state index contributed by atoms with van der Waals surface area (Å²) in [6.45, 7) is -0.0430. The minimum Gasteiger partial charge on any atom is -0.386 e. The van der Waals surface area contributed by atoms with Crippen molar-refractivity contribution in [1.82, 2.24) is 0 Å². The molecule has 0 spiro atoms. The van der Waals surface area contributed by atoms with E-state index in [4.69, 9.17) is 5.11 Å². The van der Waals surface area contributed by atoms with Crippen LogP contribution in [0.15, 0.2) is 24.3 Å². The lowest BCUT2D eigenvalue weighted by molar-refractivity contribution is 0.326. The van der Waals surface area contributed by atoms with E-state index in [9.17, 15) is 0 Å². The SMILES string of the molecule is CNc1ccccc1NCO. The second-order valence-electron chi connectivity index (χ2n) is 2.13. The van der Waals surface area contributed by atoms with E-state index in [2.05, 4.69) is 10.6 Å². The summed E-state index contributed by atoms with van der Waals surface area (Å²) in [5.41, 5.74) is 1.90. The van der Waals surface area contributed by atoms with Crippen LogP contribution in [0.1, 0.15) is 0 Å². The average Bonchev–Trinajstić information content (AvgIpc) is 2.06. The molecule has 0 aliphatic heterocycles. The number of hydrogen-bond donors (Lipinski definition) is 3. The largest absolute Gasteiger partial charge is 0.386 e. The Morgan fingerprint density at radius 1 is 1.27 bits per heavy atom. The highest BCUT2D eigenvalue weighted by molar-refractivity contribution is 5.67. The van der Waals surface area contributed by atoms with Gasteiger partial charge in [0, 0.05) is 7.05 Å². The number of para-hydroxylation sites is 2. The van der Waals surface area contributed by atoms with Crippen LogP contribution in [-0.4, -0.2) is 18.9 Å². The van der Waals surface area contributed by atoms with E-state index in [-0.39, 0.29) is 6.73 Å². The third kappa shape index (κ3) is 1.85. The maximum Gasteiger partial charge on any atom is 0.113 e. The maximum atomic E-state index is 8.60. The molecule has 0 aliphatic rings. The molecule has 0 heterocycles. The summed E-state index contributed by atoms with van der Waals surface area (Å²) in [6.07, 6.45) is 0. The van der Waals surface area contributed by atoms with Gasteiger partial charge in [0.25, 0.3) is 0 Å². The van der Waals surface area contributed by atoms with Crippen molar-refractivity contribution in [1.29, 1.82) is 0 Å². The van der Waals surface area contributed by atoms with Gasteiger partial charge in [-0.2, -0.15) is 0 Å². The van der Waals surface area contributed by atoms with Crippen molar-refractivity contribution < 1.29 is 5.11 Å². The minimum absolute atomic E-state index is 0.0430. The summed E-state index contributed by atoms with van der Waals surface area (Å²) in [7, 11) is 1.85. The summed E-state index contributed by atoms with van der Waals surface area (Å²) in [4.78, 5) is 0. The van der Waals surface area contributed by atoms with E-state index in [0.29, 0.717) is 0 Å². The van der Waals surface area contributed by atoms with Crippen molar-refractivity contribution in [2.45, 2.75) is 0 Å². The molecule has 0 unspecified atom stereocenters. The van der Waals surface area contributed by atoms with E-state index < -0.39 is 0 Å². The van der Waals surface area contributed by atoms with Gasteiger partial charge in [-0.3, -0.25) is 0 Å². The highest BCUT2D eigenvalue weighted by atomic mass is 16.3. The average molecular weight is 152 g/mol. The molecule has 3 heteroatoms. The zero-order chi connectivity index (χ0) is 8.10. The van der Waals surface area contributed by atoms with Crippen LogP contribution in [0.4, 0.5) is 11.4 Å². The lowest BCUT2D eigenvalue weighted by Gasteiger charge is -2.08. The molecule has 0 bridgehead atoms. The Balaban J connectivity index is 2.83. The highest BCUT2D eigenvalue weighted by Gasteiger charge is 1.95. The van der Waals surface area contributed by atoms with Gasteiger partial charge in [0.2, 0.25) is 0 Å². The van der Waals surface area contributed by atoms with Crippen molar-refractivity contribution in [2.24, 2.45) is 0 Å². The number of aliphatic hydroxyl groups excluding tert-OH is 1. The topological polar surface area (TPSA) is 44.3 Å². The molecule has 60 valence electrons. The van der Waals surface area contributed by atoms with Crippen molar-refractivity contribution in [3.05, 3.63) is 24.3 Å². The lowest BCUT2D eigenvalue weighted by Crippen LogP contribution is -2.02. The number of benzene rings is 1. The molecule has 0 atom stereocenters. The monoisotopic (exact) mass is 152 g/mol. The summed E-state index contributed by atoms with van der Waals surface area (Å²) < 4.78 is 0. The van der Waals surface area contributed by atoms with Gasteiger partial charge in [-0.25, -0.2) is 0 Å². The summed E-state index contributed by atoms with van der Waals surface area (Å²) in [5.74, 6) is 0. The fourth-order valence-electron chi connectivity index (χ4n) is 0.940. The Kier molecular flexibility index (Phi) is 2.74. The Hall–Kier alpha value is -1.22. The third-order valence-corrected chi connectivity index (χ3v) is 1.47. The molecule has 0 saturated carbocycles. The van der Waals surface area contributed by atoms with Gasteiger partial charge in [0.1, 0.15) is 6.73 Å². The Morgan fingerprint density at radius 3 is 2.45 bits per heavy atom. The number of nitrogens with one attached hydrogen (secondary N) is 2. The highest BCUT2D eigenvalue weighted by Crippen LogP contribution is 2.18. The standard InChI is InChI=1S/C8H12N2O/c1-9-7-4-2-3-5-8(7)10-6-11/h2-5,9-11H,6H2,1H3. The fraction of sp³-hybridized carbons (Fsp3) is 0.250. The molecular formula is C8H12N2O. The molecular weight excluding hydrogens is 140 g/mol. The number of anilines is 2. The van der Waals surface area contributed by atoms with Crippen LogP contribution in [0.25, 0.3) is 0 Å². The molecule has 0 fully saturated rings. The molecule has 0 aromatic heterocycles. The molecule has 1 rings (SSSR count). The Morgan fingerprint density at radius 2 is 1.91 bits per heavy atom. The van der Waals surface area contributed by atoms with Gasteiger partial charge in [0.05, 0.1) is 11.4 Å². The molecule has 3 nitrogen and oxygen atoms in total. The van der Waals surface area contributed by atoms with E-state index in [1.54, 1.807) is 0 Å². The van der Waals surface area contributed by atoms with Crippen LogP contribution in [0.2, 0.25) is 0 Å². The van der Waals surface area contributed by atoms with Crippen molar-refractivity contribution in [3.8, 4) is 0 Å². The van der Waals surface area contributed by atoms with Crippen LogP contribution in [0, 0.1) is 0 Å². The Bertz CT molecular complexity index is 225. The molecule has 1 aromatic carbocycles. The molecule has 0 amide bonds. The van der Waals surface area contributed by atoms with Crippen LogP contribution >= 0.6 is 0 Å². The van der Waals surface area contributed by atoms with Crippen LogP contribution in [-0.2, 0) is 0 Å². The van der Waals surface area contributed by atoms with E-state index in [1.807, 2.05) is 31.3 Å². The maximum absolute atomic E-state index is 8.60. The van der Waals surface area contributed by atoms with Crippen LogP contribution in [0.5, 0.6) is 0 Å². The van der Waals surface area contributed by atoms with Crippen LogP contribution in [0.3, 0.4) is 0 Å². The first-order valence-electron chi connectivity index (χ1n) is 3.50. The fourth-order valence-corrected chi connectivity index (χ4v) is 0.940. The summed E-state index contributed by atoms with van der Waals surface area (Å²) >= 11 is 0. The van der Waals surface area contributed by atoms with E-state index in [1.165, 1.54) is 0 Å².